The highest BCUT2D eigenvalue weighted by atomic mass is 14.9. The fourth-order valence-electron chi connectivity index (χ4n) is 1.50. The van der Waals surface area contributed by atoms with E-state index in [1.54, 1.807) is 0 Å². The molecule has 0 amide bonds. The van der Waals surface area contributed by atoms with E-state index in [2.05, 4.69) is 16.0 Å². The van der Waals surface area contributed by atoms with Crippen LogP contribution in [0.3, 0.4) is 0 Å². The van der Waals surface area contributed by atoms with E-state index in [-0.39, 0.29) is 0 Å². The third-order valence-electron chi connectivity index (χ3n) is 2.36. The average molecular weight is 235 g/mol. The summed E-state index contributed by atoms with van der Waals surface area (Å²) in [5.41, 5.74) is 2.15. The SMILES string of the molecule is Cc1c[nH]c(-c2ccccc2)n1.[c]1ccccc1. The number of nitrogens with one attached hydrogen (secondary N) is 1. The van der Waals surface area contributed by atoms with Gasteiger partial charge in [-0.15, -0.1) is 0 Å². The summed E-state index contributed by atoms with van der Waals surface area (Å²) in [6.45, 7) is 1.98. The van der Waals surface area contributed by atoms with Gasteiger partial charge in [-0.25, -0.2) is 4.98 Å². The average Bonchev–Trinajstić information content (AvgIpc) is 2.89. The number of H-pyrrole nitrogens is 1. The van der Waals surface area contributed by atoms with Crippen LogP contribution < -0.4 is 0 Å². The molecule has 0 unspecified atom stereocenters. The Balaban J connectivity index is 0.000000169. The van der Waals surface area contributed by atoms with Crippen LogP contribution in [0.25, 0.3) is 11.4 Å². The van der Waals surface area contributed by atoms with Gasteiger partial charge in [-0.3, -0.25) is 0 Å². The zero-order chi connectivity index (χ0) is 12.6. The summed E-state index contributed by atoms with van der Waals surface area (Å²) in [6.07, 6.45) is 1.91. The van der Waals surface area contributed by atoms with Crippen molar-refractivity contribution in [2.45, 2.75) is 6.92 Å². The van der Waals surface area contributed by atoms with Crippen LogP contribution in [0.15, 0.2) is 66.9 Å². The Morgan fingerprint density at radius 1 is 0.944 bits per heavy atom. The summed E-state index contributed by atoms with van der Waals surface area (Å²) in [4.78, 5) is 7.44. The Hall–Kier alpha value is -2.35. The fourth-order valence-corrected chi connectivity index (χ4v) is 1.50. The number of nitrogens with zero attached hydrogens (tertiary/aromatic N) is 1. The summed E-state index contributed by atoms with van der Waals surface area (Å²) in [5, 5.41) is 0. The fraction of sp³-hybridized carbons (Fsp3) is 0.0625. The molecule has 2 heteroatoms. The van der Waals surface area contributed by atoms with Gasteiger partial charge in [-0.1, -0.05) is 60.7 Å². The maximum absolute atomic E-state index is 4.33. The van der Waals surface area contributed by atoms with E-state index in [1.165, 1.54) is 0 Å². The molecule has 1 heterocycles. The van der Waals surface area contributed by atoms with Gasteiger partial charge in [0.05, 0.1) is 5.69 Å². The van der Waals surface area contributed by atoms with Crippen molar-refractivity contribution in [1.29, 1.82) is 0 Å². The molecule has 1 radical (unpaired) electrons. The Morgan fingerprint density at radius 3 is 2.06 bits per heavy atom. The lowest BCUT2D eigenvalue weighted by Crippen LogP contribution is -1.78. The van der Waals surface area contributed by atoms with Crippen molar-refractivity contribution in [1.82, 2.24) is 9.97 Å². The summed E-state index contributed by atoms with van der Waals surface area (Å²) >= 11 is 0. The molecule has 0 atom stereocenters. The van der Waals surface area contributed by atoms with E-state index >= 15 is 0 Å². The zero-order valence-electron chi connectivity index (χ0n) is 10.3. The molecule has 0 bridgehead atoms. The highest BCUT2D eigenvalue weighted by molar-refractivity contribution is 5.54. The van der Waals surface area contributed by atoms with Gasteiger partial charge >= 0.3 is 0 Å². The minimum atomic E-state index is 0.938. The summed E-state index contributed by atoms with van der Waals surface area (Å²) < 4.78 is 0. The summed E-state index contributed by atoms with van der Waals surface area (Å²) in [5.74, 6) is 0.938. The number of hydrogen-bond acceptors (Lipinski definition) is 1. The molecule has 0 spiro atoms. The van der Waals surface area contributed by atoms with Crippen LogP contribution in [0.1, 0.15) is 5.69 Å². The Bertz CT molecular complexity index is 529. The van der Waals surface area contributed by atoms with Gasteiger partial charge in [0.15, 0.2) is 0 Å². The van der Waals surface area contributed by atoms with Gasteiger partial charge in [0, 0.05) is 11.8 Å². The van der Waals surface area contributed by atoms with Crippen LogP contribution in [0.2, 0.25) is 0 Å². The van der Waals surface area contributed by atoms with Gasteiger partial charge in [-0.05, 0) is 13.0 Å². The summed E-state index contributed by atoms with van der Waals surface area (Å²) in [6, 6.07) is 22.6. The van der Waals surface area contributed by atoms with E-state index in [1.807, 2.05) is 73.8 Å². The number of rotatable bonds is 1. The molecule has 3 aromatic rings. The van der Waals surface area contributed by atoms with Crippen molar-refractivity contribution in [2.75, 3.05) is 0 Å². The van der Waals surface area contributed by atoms with E-state index in [9.17, 15) is 0 Å². The topological polar surface area (TPSA) is 28.7 Å². The number of hydrogen-bond donors (Lipinski definition) is 1. The Kier molecular flexibility index (Phi) is 4.31. The number of aromatic amines is 1. The van der Waals surface area contributed by atoms with Crippen LogP contribution in [-0.2, 0) is 0 Å². The Morgan fingerprint density at radius 2 is 1.61 bits per heavy atom. The van der Waals surface area contributed by atoms with E-state index in [0.717, 1.165) is 17.1 Å². The van der Waals surface area contributed by atoms with Crippen LogP contribution >= 0.6 is 0 Å². The highest BCUT2D eigenvalue weighted by Crippen LogP contribution is 2.13. The monoisotopic (exact) mass is 235 g/mol. The first kappa shape index (κ1) is 12.1. The van der Waals surface area contributed by atoms with Crippen LogP contribution in [0.4, 0.5) is 0 Å². The van der Waals surface area contributed by atoms with E-state index < -0.39 is 0 Å². The number of benzene rings is 2. The standard InChI is InChI=1S/C10H10N2.C6H5/c1-8-7-11-10(12-8)9-5-3-2-4-6-9;1-2-4-6-5-3-1/h2-7H,1H3,(H,11,12);1-5H. The maximum atomic E-state index is 4.33. The largest absolute Gasteiger partial charge is 0.344 e. The second kappa shape index (κ2) is 6.40. The van der Waals surface area contributed by atoms with Crippen molar-refractivity contribution in [3.05, 3.63) is 78.6 Å². The lowest BCUT2D eigenvalue weighted by Gasteiger charge is -1.93. The highest BCUT2D eigenvalue weighted by Gasteiger charge is 1.98. The first-order valence-corrected chi connectivity index (χ1v) is 5.85. The first-order valence-electron chi connectivity index (χ1n) is 5.85. The minimum absolute atomic E-state index is 0.938. The molecule has 0 saturated carbocycles. The molecule has 0 aliphatic rings. The van der Waals surface area contributed by atoms with Crippen molar-refractivity contribution in [2.24, 2.45) is 0 Å². The number of imidazole rings is 1. The van der Waals surface area contributed by atoms with Gasteiger partial charge in [0.25, 0.3) is 0 Å². The molecular weight excluding hydrogens is 220 g/mol. The lowest BCUT2D eigenvalue weighted by molar-refractivity contribution is 1.26. The first-order chi connectivity index (χ1) is 8.86. The molecule has 2 aromatic carbocycles. The number of aryl methyl sites for hydroxylation is 1. The lowest BCUT2D eigenvalue weighted by atomic mass is 10.2. The molecule has 0 aliphatic heterocycles. The summed E-state index contributed by atoms with van der Waals surface area (Å²) in [7, 11) is 0. The molecule has 18 heavy (non-hydrogen) atoms. The van der Waals surface area contributed by atoms with Gasteiger partial charge < -0.3 is 4.98 Å². The van der Waals surface area contributed by atoms with E-state index in [4.69, 9.17) is 0 Å². The van der Waals surface area contributed by atoms with Crippen LogP contribution in [0.5, 0.6) is 0 Å². The van der Waals surface area contributed by atoms with Crippen molar-refractivity contribution in [3.8, 4) is 11.4 Å². The molecule has 0 aliphatic carbocycles. The van der Waals surface area contributed by atoms with Crippen LogP contribution in [0, 0.1) is 13.0 Å². The second-order valence-electron chi connectivity index (χ2n) is 3.83. The quantitative estimate of drug-likeness (QED) is 0.681. The molecule has 1 aromatic heterocycles. The Labute approximate surface area is 107 Å². The predicted molar refractivity (Wildman–Crippen MR) is 74.0 cm³/mol. The van der Waals surface area contributed by atoms with Gasteiger partial charge in [-0.2, -0.15) is 0 Å². The smallest absolute Gasteiger partial charge is 0.137 e. The third-order valence-corrected chi connectivity index (χ3v) is 2.36. The van der Waals surface area contributed by atoms with Crippen LogP contribution in [-0.4, -0.2) is 9.97 Å². The molecular formula is C16H15N2. The zero-order valence-corrected chi connectivity index (χ0v) is 10.3. The van der Waals surface area contributed by atoms with E-state index in [0.29, 0.717) is 0 Å². The van der Waals surface area contributed by atoms with Gasteiger partial charge in [0.2, 0.25) is 0 Å². The molecule has 1 N–H and O–H groups in total. The van der Waals surface area contributed by atoms with Crippen molar-refractivity contribution >= 4 is 0 Å². The third kappa shape index (κ3) is 3.59. The molecule has 0 fully saturated rings. The molecule has 89 valence electrons. The second-order valence-corrected chi connectivity index (χ2v) is 3.83. The predicted octanol–water partition coefficient (Wildman–Crippen LogP) is 3.87. The van der Waals surface area contributed by atoms with Crippen molar-refractivity contribution < 1.29 is 0 Å². The molecule has 0 saturated heterocycles. The normalized spacial score (nSPS) is 9.39. The minimum Gasteiger partial charge on any atom is -0.344 e. The van der Waals surface area contributed by atoms with Crippen molar-refractivity contribution in [3.63, 3.8) is 0 Å². The molecule has 2 nitrogen and oxygen atoms in total. The maximum Gasteiger partial charge on any atom is 0.137 e. The molecule has 3 rings (SSSR count). The van der Waals surface area contributed by atoms with Gasteiger partial charge in [0.1, 0.15) is 5.82 Å². The number of aromatic nitrogens is 2.